The second kappa shape index (κ2) is 6.03. The highest BCUT2D eigenvalue weighted by Gasteiger charge is 2.34. The van der Waals surface area contributed by atoms with Gasteiger partial charge in [0.1, 0.15) is 5.82 Å². The van der Waals surface area contributed by atoms with Gasteiger partial charge in [0.25, 0.3) is 0 Å². The minimum absolute atomic E-state index is 0.243. The van der Waals surface area contributed by atoms with Crippen LogP contribution in [0.15, 0.2) is 30.5 Å². The van der Waals surface area contributed by atoms with Gasteiger partial charge in [-0.25, -0.2) is 4.98 Å². The molecular weight excluding hydrogens is 298 g/mol. The zero-order chi connectivity index (χ0) is 14.9. The number of halogens is 1. The Hall–Kier alpha value is -1.36. The molecule has 0 amide bonds. The van der Waals surface area contributed by atoms with Crippen LogP contribution in [0.2, 0.25) is 5.02 Å². The van der Waals surface area contributed by atoms with Gasteiger partial charge in [0, 0.05) is 23.2 Å². The molecule has 1 aromatic carbocycles. The summed E-state index contributed by atoms with van der Waals surface area (Å²) in [5.41, 5.74) is 2.08. The summed E-state index contributed by atoms with van der Waals surface area (Å²) in [4.78, 5) is 10.6. The van der Waals surface area contributed by atoms with Crippen LogP contribution in [0.3, 0.4) is 0 Å². The Morgan fingerprint density at radius 2 is 2.23 bits per heavy atom. The van der Waals surface area contributed by atoms with E-state index in [1.807, 2.05) is 30.5 Å². The summed E-state index contributed by atoms with van der Waals surface area (Å²) in [7, 11) is 0. The van der Waals surface area contributed by atoms with Gasteiger partial charge in [0.2, 0.25) is 0 Å². The summed E-state index contributed by atoms with van der Waals surface area (Å²) < 4.78 is 5.70. The van der Waals surface area contributed by atoms with Gasteiger partial charge in [-0.3, -0.25) is 4.90 Å². The van der Waals surface area contributed by atoms with Crippen LogP contribution in [0.1, 0.15) is 31.1 Å². The maximum absolute atomic E-state index is 6.08. The first kappa shape index (κ1) is 14.2. The van der Waals surface area contributed by atoms with Gasteiger partial charge < -0.3 is 9.72 Å². The summed E-state index contributed by atoms with van der Waals surface area (Å²) in [5.74, 6) is 1.00. The molecule has 4 nitrogen and oxygen atoms in total. The van der Waals surface area contributed by atoms with Crippen LogP contribution in [0.25, 0.3) is 11.3 Å². The average Bonchev–Trinajstić information content (AvgIpc) is 2.96. The largest absolute Gasteiger partial charge is 0.378 e. The lowest BCUT2D eigenvalue weighted by atomic mass is 9.90. The number of morpholine rings is 1. The lowest BCUT2D eigenvalue weighted by molar-refractivity contribution is -0.0494. The molecule has 22 heavy (non-hydrogen) atoms. The standard InChI is InChI=1S/C17H20ClN3O/c18-13-4-1-3-12(9-13)15-10-19-17(20-15)16-11-22-8-7-21(16)14-5-2-6-14/h1,3-4,9-10,14,16H,2,5-8,11H2,(H,19,20)/t16-/m0/s1. The number of aromatic amines is 1. The van der Waals surface area contributed by atoms with Crippen molar-refractivity contribution in [3.05, 3.63) is 41.3 Å². The highest BCUT2D eigenvalue weighted by molar-refractivity contribution is 6.30. The van der Waals surface area contributed by atoms with E-state index in [2.05, 4.69) is 14.9 Å². The van der Waals surface area contributed by atoms with Crippen LogP contribution in [0, 0.1) is 0 Å². The molecule has 2 heterocycles. The quantitative estimate of drug-likeness (QED) is 0.939. The molecule has 1 saturated heterocycles. The number of imidazole rings is 1. The van der Waals surface area contributed by atoms with Crippen molar-refractivity contribution in [3.63, 3.8) is 0 Å². The first-order chi connectivity index (χ1) is 10.8. The fourth-order valence-corrected chi connectivity index (χ4v) is 3.51. The molecule has 116 valence electrons. The molecule has 4 rings (SSSR count). The van der Waals surface area contributed by atoms with Crippen molar-refractivity contribution in [2.75, 3.05) is 19.8 Å². The molecule has 0 unspecified atom stereocenters. The summed E-state index contributed by atoms with van der Waals surface area (Å²) in [5, 5.41) is 0.741. The van der Waals surface area contributed by atoms with Gasteiger partial charge in [0.15, 0.2) is 0 Å². The molecule has 0 radical (unpaired) electrons. The van der Waals surface area contributed by atoms with Crippen molar-refractivity contribution in [2.24, 2.45) is 0 Å². The Morgan fingerprint density at radius 3 is 3.00 bits per heavy atom. The van der Waals surface area contributed by atoms with Crippen LogP contribution in [-0.4, -0.2) is 40.7 Å². The third-order valence-corrected chi connectivity index (χ3v) is 5.00. The van der Waals surface area contributed by atoms with Crippen LogP contribution in [0.5, 0.6) is 0 Å². The van der Waals surface area contributed by atoms with E-state index in [-0.39, 0.29) is 6.04 Å². The number of aromatic nitrogens is 2. The Balaban J connectivity index is 1.59. The third-order valence-electron chi connectivity index (χ3n) is 4.76. The second-order valence-electron chi connectivity index (χ2n) is 6.11. The minimum atomic E-state index is 0.243. The zero-order valence-electron chi connectivity index (χ0n) is 12.5. The van der Waals surface area contributed by atoms with Crippen molar-refractivity contribution in [1.29, 1.82) is 0 Å². The maximum atomic E-state index is 6.08. The number of hydrogen-bond acceptors (Lipinski definition) is 3. The molecule has 5 heteroatoms. The number of benzene rings is 1. The SMILES string of the molecule is Clc1cccc(-c2cnc([C@@H]3COCCN3C3CCC3)[nH]2)c1. The van der Waals surface area contributed by atoms with Gasteiger partial charge in [-0.15, -0.1) is 0 Å². The van der Waals surface area contributed by atoms with E-state index in [1.54, 1.807) is 0 Å². The van der Waals surface area contributed by atoms with Gasteiger partial charge in [-0.1, -0.05) is 30.2 Å². The van der Waals surface area contributed by atoms with Gasteiger partial charge in [-0.05, 0) is 25.0 Å². The zero-order valence-corrected chi connectivity index (χ0v) is 13.2. The first-order valence-electron chi connectivity index (χ1n) is 7.95. The Bertz CT molecular complexity index is 653. The fraction of sp³-hybridized carbons (Fsp3) is 0.471. The molecule has 1 aromatic heterocycles. The van der Waals surface area contributed by atoms with Gasteiger partial charge in [0.05, 0.1) is 31.1 Å². The highest BCUT2D eigenvalue weighted by Crippen LogP contribution is 2.34. The molecular formula is C17H20ClN3O. The van der Waals surface area contributed by atoms with E-state index in [1.165, 1.54) is 19.3 Å². The van der Waals surface area contributed by atoms with Crippen LogP contribution in [-0.2, 0) is 4.74 Å². The number of rotatable bonds is 3. The molecule has 1 atom stereocenters. The molecule has 2 aromatic rings. The molecule has 2 aliphatic rings. The van der Waals surface area contributed by atoms with Crippen molar-refractivity contribution < 1.29 is 4.74 Å². The molecule has 1 aliphatic carbocycles. The smallest absolute Gasteiger partial charge is 0.126 e. The Morgan fingerprint density at radius 1 is 1.32 bits per heavy atom. The molecule has 1 aliphatic heterocycles. The van der Waals surface area contributed by atoms with Crippen LogP contribution < -0.4 is 0 Å². The van der Waals surface area contributed by atoms with E-state index >= 15 is 0 Å². The summed E-state index contributed by atoms with van der Waals surface area (Å²) >= 11 is 6.08. The van der Waals surface area contributed by atoms with E-state index in [4.69, 9.17) is 16.3 Å². The normalized spacial score (nSPS) is 23.4. The molecule has 2 fully saturated rings. The van der Waals surface area contributed by atoms with Crippen molar-refractivity contribution in [3.8, 4) is 11.3 Å². The summed E-state index contributed by atoms with van der Waals surface area (Å²) in [6, 6.07) is 8.79. The lowest BCUT2D eigenvalue weighted by Crippen LogP contribution is -2.48. The van der Waals surface area contributed by atoms with Crippen LogP contribution >= 0.6 is 11.6 Å². The molecule has 0 bridgehead atoms. The number of hydrogen-bond donors (Lipinski definition) is 1. The van der Waals surface area contributed by atoms with E-state index in [0.717, 1.165) is 41.9 Å². The monoisotopic (exact) mass is 317 g/mol. The van der Waals surface area contributed by atoms with Crippen molar-refractivity contribution in [1.82, 2.24) is 14.9 Å². The summed E-state index contributed by atoms with van der Waals surface area (Å²) in [6.07, 6.45) is 5.85. The van der Waals surface area contributed by atoms with E-state index in [9.17, 15) is 0 Å². The third kappa shape index (κ3) is 2.67. The highest BCUT2D eigenvalue weighted by atomic mass is 35.5. The Kier molecular flexibility index (Phi) is 3.90. The minimum Gasteiger partial charge on any atom is -0.378 e. The average molecular weight is 318 g/mol. The topological polar surface area (TPSA) is 41.1 Å². The lowest BCUT2D eigenvalue weighted by Gasteiger charge is -2.44. The van der Waals surface area contributed by atoms with Crippen molar-refractivity contribution >= 4 is 11.6 Å². The molecule has 0 spiro atoms. The molecule has 1 saturated carbocycles. The fourth-order valence-electron chi connectivity index (χ4n) is 3.32. The predicted molar refractivity (Wildman–Crippen MR) is 86.9 cm³/mol. The van der Waals surface area contributed by atoms with E-state index in [0.29, 0.717) is 6.04 Å². The molecule has 1 N–H and O–H groups in total. The number of ether oxygens (including phenoxy) is 1. The number of nitrogens with zero attached hydrogens (tertiary/aromatic N) is 2. The Labute approximate surface area is 135 Å². The van der Waals surface area contributed by atoms with Gasteiger partial charge in [-0.2, -0.15) is 0 Å². The number of H-pyrrole nitrogens is 1. The van der Waals surface area contributed by atoms with Gasteiger partial charge >= 0.3 is 0 Å². The van der Waals surface area contributed by atoms with Crippen LogP contribution in [0.4, 0.5) is 0 Å². The van der Waals surface area contributed by atoms with Crippen molar-refractivity contribution in [2.45, 2.75) is 31.3 Å². The predicted octanol–water partition coefficient (Wildman–Crippen LogP) is 3.66. The second-order valence-corrected chi connectivity index (χ2v) is 6.54. The van der Waals surface area contributed by atoms with E-state index < -0.39 is 0 Å². The maximum Gasteiger partial charge on any atom is 0.126 e. The summed E-state index contributed by atoms with van der Waals surface area (Å²) in [6.45, 7) is 2.55. The first-order valence-corrected chi connectivity index (χ1v) is 8.33. The number of nitrogens with one attached hydrogen (secondary N) is 1.